The lowest BCUT2D eigenvalue weighted by atomic mass is 10.1. The molecule has 0 unspecified atom stereocenters. The largest absolute Gasteiger partial charge is 0.468 e. The minimum Gasteiger partial charge on any atom is -0.468 e. The fourth-order valence-corrected chi connectivity index (χ4v) is 4.26. The summed E-state index contributed by atoms with van der Waals surface area (Å²) in [5.74, 6) is 0.0656. The van der Waals surface area contributed by atoms with E-state index in [4.69, 9.17) is 9.15 Å². The number of carbonyl (C=O) groups is 1. The number of aryl methyl sites for hydroxylation is 1. The maximum atomic E-state index is 12.6. The van der Waals surface area contributed by atoms with Crippen molar-refractivity contribution < 1.29 is 22.4 Å². The summed E-state index contributed by atoms with van der Waals surface area (Å²) in [6, 6.07) is 8.96. The van der Waals surface area contributed by atoms with Gasteiger partial charge in [-0.25, -0.2) is 8.42 Å². The molecule has 0 fully saturated rings. The Labute approximate surface area is 161 Å². The van der Waals surface area contributed by atoms with E-state index < -0.39 is 22.0 Å². The molecule has 1 aromatic carbocycles. The van der Waals surface area contributed by atoms with Gasteiger partial charge in [-0.3, -0.25) is 4.79 Å². The van der Waals surface area contributed by atoms with E-state index in [9.17, 15) is 13.2 Å². The smallest absolute Gasteiger partial charge is 0.324 e. The summed E-state index contributed by atoms with van der Waals surface area (Å²) in [7, 11) is -3.84. The molecule has 0 amide bonds. The van der Waals surface area contributed by atoms with Gasteiger partial charge in [0, 0.05) is 0 Å². The summed E-state index contributed by atoms with van der Waals surface area (Å²) >= 11 is 2.12. The normalized spacial score (nSPS) is 14.0. The standard InChI is InChI=1S/C17H20INO5S/c1-3-23-17(20)15(11-14(18)16-5-4-10-24-16)19-25(21,22)13-8-6-12(2)7-9-13/h4-10,14-15,19H,3,11H2,1-2H3/t14-,15-/m0/s1. The summed E-state index contributed by atoms with van der Waals surface area (Å²) in [5.41, 5.74) is 0.950. The first kappa shape index (κ1) is 19.9. The first-order valence-electron chi connectivity index (χ1n) is 7.76. The fraction of sp³-hybridized carbons (Fsp3) is 0.353. The Bertz CT molecular complexity index is 787. The Morgan fingerprint density at radius 1 is 1.28 bits per heavy atom. The molecule has 0 bridgehead atoms. The zero-order valence-corrected chi connectivity index (χ0v) is 16.9. The number of sulfonamides is 1. The minimum absolute atomic E-state index is 0.107. The van der Waals surface area contributed by atoms with E-state index >= 15 is 0 Å². The minimum atomic E-state index is -3.84. The van der Waals surface area contributed by atoms with Crippen molar-refractivity contribution >= 4 is 38.6 Å². The van der Waals surface area contributed by atoms with Crippen molar-refractivity contribution in [2.45, 2.75) is 35.1 Å². The van der Waals surface area contributed by atoms with E-state index in [0.29, 0.717) is 5.76 Å². The lowest BCUT2D eigenvalue weighted by molar-refractivity contribution is -0.145. The number of hydrogen-bond donors (Lipinski definition) is 1. The van der Waals surface area contributed by atoms with Crippen LogP contribution < -0.4 is 4.72 Å². The zero-order chi connectivity index (χ0) is 18.4. The summed E-state index contributed by atoms with van der Waals surface area (Å²) in [5, 5.41) is 0. The van der Waals surface area contributed by atoms with E-state index in [-0.39, 0.29) is 21.8 Å². The molecule has 8 heteroatoms. The van der Waals surface area contributed by atoms with Gasteiger partial charge in [0.15, 0.2) is 0 Å². The van der Waals surface area contributed by atoms with Crippen LogP contribution in [0.25, 0.3) is 0 Å². The third kappa shape index (κ3) is 5.55. The summed E-state index contributed by atoms with van der Waals surface area (Å²) in [4.78, 5) is 12.3. The number of furan rings is 1. The van der Waals surface area contributed by atoms with Crippen LogP contribution in [-0.4, -0.2) is 27.0 Å². The molecule has 1 N–H and O–H groups in total. The number of rotatable bonds is 8. The number of ether oxygens (including phenoxy) is 1. The van der Waals surface area contributed by atoms with Crippen molar-refractivity contribution in [3.63, 3.8) is 0 Å². The Morgan fingerprint density at radius 3 is 2.52 bits per heavy atom. The summed E-state index contributed by atoms with van der Waals surface area (Å²) in [6.07, 6.45) is 1.76. The molecule has 2 aromatic rings. The quantitative estimate of drug-likeness (QED) is 0.358. The molecule has 0 spiro atoms. The highest BCUT2D eigenvalue weighted by atomic mass is 127. The van der Waals surface area contributed by atoms with E-state index in [1.54, 1.807) is 31.2 Å². The summed E-state index contributed by atoms with van der Waals surface area (Å²) in [6.45, 7) is 3.72. The van der Waals surface area contributed by atoms with Crippen LogP contribution in [0.15, 0.2) is 52.0 Å². The molecule has 0 saturated heterocycles. The first-order valence-corrected chi connectivity index (χ1v) is 10.5. The molecule has 0 aliphatic carbocycles. The Balaban J connectivity index is 2.20. The number of hydrogen-bond acceptors (Lipinski definition) is 5. The molecule has 2 rings (SSSR count). The molecular formula is C17H20INO5S. The van der Waals surface area contributed by atoms with E-state index in [1.807, 2.05) is 6.92 Å². The second-order valence-corrected chi connectivity index (χ2v) is 8.68. The Kier molecular flexibility index (Phi) is 7.03. The molecule has 6 nitrogen and oxygen atoms in total. The molecule has 1 heterocycles. The van der Waals surface area contributed by atoms with Gasteiger partial charge >= 0.3 is 5.97 Å². The lowest BCUT2D eigenvalue weighted by Gasteiger charge is -2.19. The number of nitrogens with one attached hydrogen (secondary N) is 1. The van der Waals surface area contributed by atoms with Gasteiger partial charge in [-0.2, -0.15) is 4.72 Å². The van der Waals surface area contributed by atoms with Gasteiger partial charge < -0.3 is 9.15 Å². The Hall–Kier alpha value is -1.39. The van der Waals surface area contributed by atoms with Crippen LogP contribution in [0.1, 0.15) is 28.6 Å². The predicted molar refractivity (Wildman–Crippen MR) is 102 cm³/mol. The van der Waals surface area contributed by atoms with Crippen LogP contribution in [0, 0.1) is 6.92 Å². The van der Waals surface area contributed by atoms with Gasteiger partial charge in [0.2, 0.25) is 10.0 Å². The van der Waals surface area contributed by atoms with Crippen molar-refractivity contribution in [1.29, 1.82) is 0 Å². The van der Waals surface area contributed by atoms with Gasteiger partial charge in [0.25, 0.3) is 0 Å². The first-order chi connectivity index (χ1) is 11.8. The Morgan fingerprint density at radius 2 is 1.96 bits per heavy atom. The highest BCUT2D eigenvalue weighted by molar-refractivity contribution is 14.1. The number of carbonyl (C=O) groups excluding carboxylic acids is 1. The number of benzene rings is 1. The molecule has 1 aromatic heterocycles. The zero-order valence-electron chi connectivity index (χ0n) is 13.9. The third-order valence-electron chi connectivity index (χ3n) is 3.49. The second-order valence-electron chi connectivity index (χ2n) is 5.46. The van der Waals surface area contributed by atoms with Gasteiger partial charge in [0.05, 0.1) is 21.7 Å². The molecule has 25 heavy (non-hydrogen) atoms. The average Bonchev–Trinajstić information content (AvgIpc) is 3.09. The van der Waals surface area contributed by atoms with Crippen LogP contribution in [0.5, 0.6) is 0 Å². The van der Waals surface area contributed by atoms with Gasteiger partial charge in [-0.15, -0.1) is 0 Å². The van der Waals surface area contributed by atoms with Gasteiger partial charge in [0.1, 0.15) is 11.8 Å². The van der Waals surface area contributed by atoms with E-state index in [0.717, 1.165) is 5.56 Å². The molecular weight excluding hydrogens is 457 g/mol. The SMILES string of the molecule is CCOC(=O)[C@H](C[C@H](I)c1ccco1)NS(=O)(=O)c1ccc(C)cc1. The second kappa shape index (κ2) is 8.81. The highest BCUT2D eigenvalue weighted by Gasteiger charge is 2.30. The molecule has 136 valence electrons. The molecule has 2 atom stereocenters. The van der Waals surface area contributed by atoms with Crippen molar-refractivity contribution in [2.24, 2.45) is 0 Å². The van der Waals surface area contributed by atoms with Crippen LogP contribution in [-0.2, 0) is 19.6 Å². The monoisotopic (exact) mass is 477 g/mol. The number of alkyl halides is 1. The van der Waals surface area contributed by atoms with Crippen molar-refractivity contribution in [2.75, 3.05) is 6.61 Å². The average molecular weight is 477 g/mol. The summed E-state index contributed by atoms with van der Waals surface area (Å²) < 4.78 is 37.8. The molecule has 0 aliphatic heterocycles. The molecule has 0 radical (unpaired) electrons. The van der Waals surface area contributed by atoms with Crippen LogP contribution in [0.4, 0.5) is 0 Å². The van der Waals surface area contributed by atoms with Crippen LogP contribution in [0.2, 0.25) is 0 Å². The van der Waals surface area contributed by atoms with E-state index in [2.05, 4.69) is 27.3 Å². The van der Waals surface area contributed by atoms with Crippen LogP contribution in [0.3, 0.4) is 0 Å². The van der Waals surface area contributed by atoms with Crippen molar-refractivity contribution in [3.8, 4) is 0 Å². The maximum absolute atomic E-state index is 12.6. The molecule has 0 aliphatic rings. The van der Waals surface area contributed by atoms with Crippen molar-refractivity contribution in [3.05, 3.63) is 54.0 Å². The van der Waals surface area contributed by atoms with Gasteiger partial charge in [-0.05, 0) is 44.5 Å². The highest BCUT2D eigenvalue weighted by Crippen LogP contribution is 2.29. The predicted octanol–water partition coefficient (Wildman–Crippen LogP) is 3.36. The maximum Gasteiger partial charge on any atom is 0.324 e. The fourth-order valence-electron chi connectivity index (χ4n) is 2.20. The van der Waals surface area contributed by atoms with Crippen LogP contribution >= 0.6 is 22.6 Å². The van der Waals surface area contributed by atoms with Crippen molar-refractivity contribution in [1.82, 2.24) is 4.72 Å². The van der Waals surface area contributed by atoms with Gasteiger partial charge in [-0.1, -0.05) is 40.3 Å². The van der Waals surface area contributed by atoms with E-state index in [1.165, 1.54) is 18.4 Å². The number of halogens is 1. The molecule has 0 saturated carbocycles. The lowest BCUT2D eigenvalue weighted by Crippen LogP contribution is -2.42. The topological polar surface area (TPSA) is 85.6 Å². The number of esters is 1. The third-order valence-corrected chi connectivity index (χ3v) is 6.10.